The fourth-order valence-corrected chi connectivity index (χ4v) is 1.27. The minimum atomic E-state index is 0.538. The first-order valence-corrected chi connectivity index (χ1v) is 5.29. The van der Waals surface area contributed by atoms with Crippen molar-refractivity contribution in [2.45, 2.75) is 33.1 Å². The van der Waals surface area contributed by atoms with E-state index in [0.717, 1.165) is 12.5 Å². The van der Waals surface area contributed by atoms with Gasteiger partial charge in [-0.25, -0.2) is 0 Å². The molecule has 1 radical (unpaired) electrons. The molecule has 0 saturated heterocycles. The van der Waals surface area contributed by atoms with Crippen LogP contribution in [0.15, 0.2) is 0 Å². The summed E-state index contributed by atoms with van der Waals surface area (Å²) in [6.07, 6.45) is 3.70. The molecule has 0 amide bonds. The maximum Gasteiger partial charge on any atom is 0.0700 e. The van der Waals surface area contributed by atoms with Crippen LogP contribution in [0.4, 0.5) is 0 Å². The molecule has 0 aromatic rings. The molecule has 0 atom stereocenters. The van der Waals surface area contributed by atoms with E-state index in [-0.39, 0.29) is 0 Å². The summed E-state index contributed by atoms with van der Waals surface area (Å²) in [6, 6.07) is 0. The Morgan fingerprint density at radius 2 is 1.62 bits per heavy atom. The average molecular weight is 187 g/mol. The van der Waals surface area contributed by atoms with Crippen LogP contribution in [-0.4, -0.2) is 26.4 Å². The Morgan fingerprint density at radius 3 is 2.15 bits per heavy atom. The fraction of sp³-hybridized carbons (Fsp3) is 0.909. The smallest absolute Gasteiger partial charge is 0.0700 e. The maximum absolute atomic E-state index is 5.42. The third-order valence-corrected chi connectivity index (χ3v) is 2.34. The number of hydrogen-bond acceptors (Lipinski definition) is 2. The van der Waals surface area contributed by atoms with E-state index in [4.69, 9.17) is 9.47 Å². The van der Waals surface area contributed by atoms with Gasteiger partial charge in [0.2, 0.25) is 0 Å². The van der Waals surface area contributed by atoms with Gasteiger partial charge in [0.25, 0.3) is 0 Å². The second-order valence-electron chi connectivity index (χ2n) is 3.20. The highest BCUT2D eigenvalue weighted by molar-refractivity contribution is 4.53. The number of hydrogen-bond donors (Lipinski definition) is 0. The summed E-state index contributed by atoms with van der Waals surface area (Å²) in [7, 11) is 0. The summed E-state index contributed by atoms with van der Waals surface area (Å²) in [5.41, 5.74) is 0. The van der Waals surface area contributed by atoms with Gasteiger partial charge in [0.15, 0.2) is 0 Å². The third kappa shape index (κ3) is 8.26. The Balaban J connectivity index is 3.05. The SMILES string of the molecule is [CH2]COCCOCCC(CC)CC. The van der Waals surface area contributed by atoms with Crippen LogP contribution in [0.25, 0.3) is 0 Å². The van der Waals surface area contributed by atoms with Crippen molar-refractivity contribution < 1.29 is 9.47 Å². The molecule has 13 heavy (non-hydrogen) atoms. The van der Waals surface area contributed by atoms with Gasteiger partial charge in [-0.05, 0) is 19.3 Å². The summed E-state index contributed by atoms with van der Waals surface area (Å²) in [4.78, 5) is 0. The van der Waals surface area contributed by atoms with Crippen LogP contribution in [0, 0.1) is 12.8 Å². The van der Waals surface area contributed by atoms with Crippen LogP contribution in [-0.2, 0) is 9.47 Å². The molecule has 2 heteroatoms. The van der Waals surface area contributed by atoms with E-state index in [2.05, 4.69) is 20.8 Å². The molecule has 0 aromatic heterocycles. The van der Waals surface area contributed by atoms with Gasteiger partial charge < -0.3 is 9.47 Å². The largest absolute Gasteiger partial charge is 0.379 e. The standard InChI is InChI=1S/C11H23O2/c1-4-11(5-2)7-8-13-10-9-12-6-3/h11H,3-10H2,1-2H3. The Hall–Kier alpha value is -0.0800. The van der Waals surface area contributed by atoms with Crippen molar-refractivity contribution in [2.24, 2.45) is 5.92 Å². The summed E-state index contributed by atoms with van der Waals surface area (Å²) in [5.74, 6) is 0.828. The van der Waals surface area contributed by atoms with E-state index < -0.39 is 0 Å². The maximum atomic E-state index is 5.42. The minimum absolute atomic E-state index is 0.538. The molecule has 0 aliphatic carbocycles. The Labute approximate surface area is 82.6 Å². The molecule has 0 N–H and O–H groups in total. The van der Waals surface area contributed by atoms with Gasteiger partial charge in [-0.1, -0.05) is 26.7 Å². The quantitative estimate of drug-likeness (QED) is 0.517. The van der Waals surface area contributed by atoms with Crippen molar-refractivity contribution in [3.63, 3.8) is 0 Å². The van der Waals surface area contributed by atoms with Crippen LogP contribution in [0.2, 0.25) is 0 Å². The molecule has 0 heterocycles. The Bertz CT molecular complexity index is 90.1. The van der Waals surface area contributed by atoms with E-state index >= 15 is 0 Å². The zero-order valence-corrected chi connectivity index (χ0v) is 9.05. The van der Waals surface area contributed by atoms with Gasteiger partial charge in [-0.3, -0.25) is 0 Å². The predicted octanol–water partition coefficient (Wildman–Crippen LogP) is 2.68. The molecule has 0 unspecified atom stereocenters. The molecule has 0 aliphatic heterocycles. The molecule has 0 aromatic carbocycles. The van der Waals surface area contributed by atoms with Crippen molar-refractivity contribution in [3.8, 4) is 0 Å². The van der Waals surface area contributed by atoms with E-state index in [1.54, 1.807) is 0 Å². The first-order valence-electron chi connectivity index (χ1n) is 5.29. The third-order valence-electron chi connectivity index (χ3n) is 2.34. The van der Waals surface area contributed by atoms with Gasteiger partial charge in [0, 0.05) is 13.2 Å². The molecular formula is C11H23O2. The van der Waals surface area contributed by atoms with Crippen molar-refractivity contribution in [3.05, 3.63) is 6.92 Å². The molecule has 2 nitrogen and oxygen atoms in total. The monoisotopic (exact) mass is 187 g/mol. The molecule has 0 bridgehead atoms. The summed E-state index contributed by atoms with van der Waals surface area (Å²) in [5, 5.41) is 0. The van der Waals surface area contributed by atoms with Crippen LogP contribution < -0.4 is 0 Å². The Morgan fingerprint density at radius 1 is 1.00 bits per heavy atom. The lowest BCUT2D eigenvalue weighted by Gasteiger charge is -2.11. The van der Waals surface area contributed by atoms with Gasteiger partial charge in [0.05, 0.1) is 13.2 Å². The van der Waals surface area contributed by atoms with E-state index in [1.165, 1.54) is 19.3 Å². The van der Waals surface area contributed by atoms with Crippen molar-refractivity contribution in [1.29, 1.82) is 0 Å². The predicted molar refractivity (Wildman–Crippen MR) is 55.7 cm³/mol. The Kier molecular flexibility index (Phi) is 9.94. The van der Waals surface area contributed by atoms with Gasteiger partial charge in [-0.2, -0.15) is 0 Å². The summed E-state index contributed by atoms with van der Waals surface area (Å²) < 4.78 is 10.5. The van der Waals surface area contributed by atoms with Crippen molar-refractivity contribution >= 4 is 0 Å². The summed E-state index contributed by atoms with van der Waals surface area (Å²) in [6.45, 7) is 10.8. The highest BCUT2D eigenvalue weighted by atomic mass is 16.5. The molecule has 0 rings (SSSR count). The zero-order chi connectivity index (χ0) is 9.94. The van der Waals surface area contributed by atoms with Crippen molar-refractivity contribution in [2.75, 3.05) is 26.4 Å². The lowest BCUT2D eigenvalue weighted by molar-refractivity contribution is 0.0517. The van der Waals surface area contributed by atoms with Gasteiger partial charge in [-0.15, -0.1) is 0 Å². The highest BCUT2D eigenvalue weighted by Gasteiger charge is 2.02. The van der Waals surface area contributed by atoms with Gasteiger partial charge >= 0.3 is 0 Å². The lowest BCUT2D eigenvalue weighted by atomic mass is 10.0. The molecule has 0 fully saturated rings. The first kappa shape index (κ1) is 12.9. The molecule has 0 aliphatic rings. The number of ether oxygens (including phenoxy) is 2. The second-order valence-corrected chi connectivity index (χ2v) is 3.20. The van der Waals surface area contributed by atoms with Crippen LogP contribution in [0.1, 0.15) is 33.1 Å². The van der Waals surface area contributed by atoms with Crippen LogP contribution in [0.5, 0.6) is 0 Å². The fourth-order valence-electron chi connectivity index (χ4n) is 1.27. The number of rotatable bonds is 9. The highest BCUT2D eigenvalue weighted by Crippen LogP contribution is 2.11. The van der Waals surface area contributed by atoms with Crippen LogP contribution >= 0.6 is 0 Å². The average Bonchev–Trinajstić information content (AvgIpc) is 2.17. The first-order chi connectivity index (χ1) is 6.35. The molecule has 0 spiro atoms. The van der Waals surface area contributed by atoms with Crippen LogP contribution in [0.3, 0.4) is 0 Å². The van der Waals surface area contributed by atoms with E-state index in [1.807, 2.05) is 0 Å². The van der Waals surface area contributed by atoms with Gasteiger partial charge in [0.1, 0.15) is 0 Å². The van der Waals surface area contributed by atoms with E-state index in [0.29, 0.717) is 19.8 Å². The molecule has 79 valence electrons. The lowest BCUT2D eigenvalue weighted by Crippen LogP contribution is -2.08. The van der Waals surface area contributed by atoms with E-state index in [9.17, 15) is 0 Å². The summed E-state index contributed by atoms with van der Waals surface area (Å²) >= 11 is 0. The normalized spacial score (nSPS) is 11.1. The topological polar surface area (TPSA) is 18.5 Å². The zero-order valence-electron chi connectivity index (χ0n) is 9.05. The van der Waals surface area contributed by atoms with Crippen molar-refractivity contribution in [1.82, 2.24) is 0 Å². The second kappa shape index (κ2) is 10.0. The minimum Gasteiger partial charge on any atom is -0.379 e. The molecule has 0 saturated carbocycles. The molecular weight excluding hydrogens is 164 g/mol.